The van der Waals surface area contributed by atoms with Gasteiger partial charge < -0.3 is 14.4 Å². The fourth-order valence-corrected chi connectivity index (χ4v) is 7.65. The molecule has 4 aromatic carbocycles. The lowest BCUT2D eigenvalue weighted by Crippen LogP contribution is -2.32. The van der Waals surface area contributed by atoms with Crippen LogP contribution < -0.4 is 9.04 Å². The molecule has 53 heavy (non-hydrogen) atoms. The van der Waals surface area contributed by atoms with Crippen LogP contribution in [0.5, 0.6) is 5.75 Å². The van der Waals surface area contributed by atoms with Gasteiger partial charge in [-0.25, -0.2) is 12.8 Å². The smallest absolute Gasteiger partial charge is 0.306 e. The number of amides is 1. The molecule has 0 aliphatic rings. The van der Waals surface area contributed by atoms with E-state index in [-0.39, 0.29) is 36.5 Å². The Balaban J connectivity index is 1.69. The molecule has 0 aromatic heterocycles. The lowest BCUT2D eigenvalue weighted by Gasteiger charge is -2.25. The number of likely N-dealkylation sites (N-methyl/N-ethyl adjacent to an activating group) is 1. The maximum atomic E-state index is 15.6. The van der Waals surface area contributed by atoms with Gasteiger partial charge in [0.25, 0.3) is 15.7 Å². The third-order valence-electron chi connectivity index (χ3n) is 8.48. The first-order valence-corrected chi connectivity index (χ1v) is 18.7. The summed E-state index contributed by atoms with van der Waals surface area (Å²) < 4.78 is 56.4. The molecule has 282 valence electrons. The van der Waals surface area contributed by atoms with Gasteiger partial charge in [-0.15, -0.1) is 0 Å². The van der Waals surface area contributed by atoms with Crippen molar-refractivity contribution in [3.05, 3.63) is 117 Å². The van der Waals surface area contributed by atoms with Gasteiger partial charge in [-0.3, -0.25) is 24.0 Å². The summed E-state index contributed by atoms with van der Waals surface area (Å²) in [5.74, 6) is -0.607. The molecule has 0 aliphatic carbocycles. The third-order valence-corrected chi connectivity index (χ3v) is 10.3. The van der Waals surface area contributed by atoms with E-state index in [0.29, 0.717) is 31.0 Å². The van der Waals surface area contributed by atoms with Crippen LogP contribution in [0.4, 0.5) is 15.8 Å². The van der Waals surface area contributed by atoms with Crippen molar-refractivity contribution in [3.8, 4) is 16.9 Å². The molecule has 0 unspecified atom stereocenters. The average Bonchev–Trinajstić information content (AvgIpc) is 3.07. The number of hydrogen-bond donors (Lipinski definition) is 0. The Morgan fingerprint density at radius 1 is 0.943 bits per heavy atom. The second-order valence-electron chi connectivity index (χ2n) is 13.7. The highest BCUT2D eigenvalue weighted by molar-refractivity contribution is 7.93. The first kappa shape index (κ1) is 40.5. The summed E-state index contributed by atoms with van der Waals surface area (Å²) in [5.41, 5.74) is 2.89. The van der Waals surface area contributed by atoms with Crippen molar-refractivity contribution in [2.45, 2.75) is 78.3 Å². The monoisotopic (exact) mass is 747 g/mol. The summed E-state index contributed by atoms with van der Waals surface area (Å²) in [6.45, 7) is 13.6. The molecule has 0 atom stereocenters. The molecular weight excluding hydrogens is 702 g/mol. The number of halogens is 1. The van der Waals surface area contributed by atoms with Gasteiger partial charge in [-0.1, -0.05) is 36.4 Å². The van der Waals surface area contributed by atoms with E-state index in [0.717, 1.165) is 44.8 Å². The minimum Gasteiger partial charge on any atom is -0.492 e. The zero-order chi connectivity index (χ0) is 39.1. The molecule has 4 aromatic rings. The number of carbonyl (C=O) groups excluding carboxylic acids is 2. The summed E-state index contributed by atoms with van der Waals surface area (Å²) >= 11 is 0. The van der Waals surface area contributed by atoms with Crippen LogP contribution >= 0.6 is 0 Å². The SMILES string of the molecule is CCN(CCOc1cc(C)c(-c2cccc(CN(c3ccc(CCC(=O)OC(C)(C)C)c(F)c3)S(=O)(=O)c3ccccc3[N+](=O)[O-])c2)c(C)c1)C(C)=O. The van der Waals surface area contributed by atoms with Crippen molar-refractivity contribution >= 4 is 33.3 Å². The Bertz CT molecular complexity index is 2070. The number of carbonyl (C=O) groups is 2. The minimum absolute atomic E-state index is 0.0236. The van der Waals surface area contributed by atoms with Crippen LogP contribution in [-0.2, 0) is 37.3 Å². The van der Waals surface area contributed by atoms with Crippen molar-refractivity contribution in [1.82, 2.24) is 4.90 Å². The molecule has 0 bridgehead atoms. The summed E-state index contributed by atoms with van der Waals surface area (Å²) in [6.07, 6.45) is -0.0556. The summed E-state index contributed by atoms with van der Waals surface area (Å²) in [7, 11) is -4.62. The second-order valence-corrected chi connectivity index (χ2v) is 15.5. The van der Waals surface area contributed by atoms with Gasteiger partial charge in [0.1, 0.15) is 23.8 Å². The standard InChI is InChI=1S/C40H46FN3O8S/c1-8-42(29(4)45)20-21-51-34-22-27(2)39(28(3)23-34)32-13-11-12-30(24-32)26-43(53(49,50)37-15-10-9-14-36(37)44(47)48)33-18-16-31(35(41)25-33)17-19-38(46)52-40(5,6)7/h9-16,18,22-25H,8,17,19-21,26H2,1-7H3. The lowest BCUT2D eigenvalue weighted by atomic mass is 9.94. The molecule has 0 radical (unpaired) electrons. The molecule has 0 saturated carbocycles. The molecule has 0 N–H and O–H groups in total. The topological polar surface area (TPSA) is 136 Å². The van der Waals surface area contributed by atoms with E-state index >= 15 is 4.39 Å². The number of para-hydroxylation sites is 1. The number of nitro groups is 1. The Hall–Kier alpha value is -5.30. The molecule has 11 nitrogen and oxygen atoms in total. The molecule has 4 rings (SSSR count). The molecule has 0 spiro atoms. The van der Waals surface area contributed by atoms with Crippen LogP contribution in [0.2, 0.25) is 0 Å². The number of sulfonamides is 1. The van der Waals surface area contributed by atoms with E-state index in [1.807, 2.05) is 45.0 Å². The van der Waals surface area contributed by atoms with Crippen LogP contribution in [-0.4, -0.2) is 55.4 Å². The fraction of sp³-hybridized carbons (Fsp3) is 0.350. The first-order chi connectivity index (χ1) is 24.9. The Morgan fingerprint density at radius 3 is 2.23 bits per heavy atom. The van der Waals surface area contributed by atoms with Crippen molar-refractivity contribution in [2.75, 3.05) is 24.0 Å². The number of nitro benzene ring substituents is 1. The highest BCUT2D eigenvalue weighted by atomic mass is 32.2. The summed E-state index contributed by atoms with van der Waals surface area (Å²) in [5, 5.41) is 11.9. The molecule has 0 saturated heterocycles. The number of anilines is 1. The van der Waals surface area contributed by atoms with E-state index in [1.165, 1.54) is 31.2 Å². The molecular formula is C40H46FN3O8S. The van der Waals surface area contributed by atoms with E-state index in [1.54, 1.807) is 37.8 Å². The van der Waals surface area contributed by atoms with Crippen molar-refractivity contribution in [2.24, 2.45) is 0 Å². The Morgan fingerprint density at radius 2 is 1.62 bits per heavy atom. The predicted molar refractivity (Wildman–Crippen MR) is 202 cm³/mol. The molecule has 0 aliphatic heterocycles. The zero-order valence-corrected chi connectivity index (χ0v) is 32.0. The average molecular weight is 748 g/mol. The Kier molecular flexibility index (Phi) is 13.0. The van der Waals surface area contributed by atoms with Crippen molar-refractivity contribution in [3.63, 3.8) is 0 Å². The van der Waals surface area contributed by atoms with Gasteiger partial charge in [-0.05, 0) is 118 Å². The maximum Gasteiger partial charge on any atom is 0.306 e. The van der Waals surface area contributed by atoms with E-state index in [9.17, 15) is 28.1 Å². The van der Waals surface area contributed by atoms with Gasteiger partial charge in [0.05, 0.1) is 23.7 Å². The van der Waals surface area contributed by atoms with Crippen LogP contribution in [0.3, 0.4) is 0 Å². The normalized spacial score (nSPS) is 11.5. The van der Waals surface area contributed by atoms with E-state index in [4.69, 9.17) is 9.47 Å². The van der Waals surface area contributed by atoms with Crippen LogP contribution in [0.1, 0.15) is 63.3 Å². The second kappa shape index (κ2) is 17.0. The van der Waals surface area contributed by atoms with Crippen LogP contribution in [0.15, 0.2) is 83.8 Å². The molecule has 0 heterocycles. The number of nitrogens with zero attached hydrogens (tertiary/aromatic N) is 3. The number of esters is 1. The molecule has 0 fully saturated rings. The van der Waals surface area contributed by atoms with Gasteiger partial charge in [0, 0.05) is 26.0 Å². The molecule has 1 amide bonds. The largest absolute Gasteiger partial charge is 0.492 e. The van der Waals surface area contributed by atoms with Crippen LogP contribution in [0, 0.1) is 29.8 Å². The fourth-order valence-electron chi connectivity index (χ4n) is 6.05. The highest BCUT2D eigenvalue weighted by Gasteiger charge is 2.32. The van der Waals surface area contributed by atoms with Gasteiger partial charge in [-0.2, -0.15) is 0 Å². The molecule has 13 heteroatoms. The summed E-state index contributed by atoms with van der Waals surface area (Å²) in [4.78, 5) is 36.3. The minimum atomic E-state index is -4.62. The lowest BCUT2D eigenvalue weighted by molar-refractivity contribution is -0.387. The van der Waals surface area contributed by atoms with E-state index < -0.39 is 42.9 Å². The van der Waals surface area contributed by atoms with Crippen LogP contribution in [0.25, 0.3) is 11.1 Å². The summed E-state index contributed by atoms with van der Waals surface area (Å²) in [6, 6.07) is 19.9. The Labute approximate surface area is 310 Å². The first-order valence-electron chi connectivity index (χ1n) is 17.3. The number of benzene rings is 4. The number of ether oxygens (including phenoxy) is 2. The number of hydrogen-bond acceptors (Lipinski definition) is 8. The number of rotatable bonds is 15. The quantitative estimate of drug-likeness (QED) is 0.0680. The van der Waals surface area contributed by atoms with Crippen molar-refractivity contribution < 1.29 is 36.8 Å². The van der Waals surface area contributed by atoms with Gasteiger partial charge in [0.2, 0.25) is 5.91 Å². The highest BCUT2D eigenvalue weighted by Crippen LogP contribution is 2.35. The van der Waals surface area contributed by atoms with E-state index in [2.05, 4.69) is 0 Å². The zero-order valence-electron chi connectivity index (χ0n) is 31.1. The third kappa shape index (κ3) is 10.4. The predicted octanol–water partition coefficient (Wildman–Crippen LogP) is 7.93. The van der Waals surface area contributed by atoms with Gasteiger partial charge in [0.15, 0.2) is 4.90 Å². The maximum absolute atomic E-state index is 15.6. The number of aryl methyl sites for hydroxylation is 3. The van der Waals surface area contributed by atoms with Gasteiger partial charge >= 0.3 is 5.97 Å². The van der Waals surface area contributed by atoms with Crippen molar-refractivity contribution in [1.29, 1.82) is 0 Å².